The Hall–Kier alpha value is -1.66. The SMILES string of the molecule is O=C(O)Cc1ccc(CNCCCn2ccnc2)s1. The van der Waals surface area contributed by atoms with E-state index < -0.39 is 5.97 Å². The van der Waals surface area contributed by atoms with E-state index in [1.807, 2.05) is 24.7 Å². The van der Waals surface area contributed by atoms with Gasteiger partial charge in [0.2, 0.25) is 0 Å². The predicted octanol–water partition coefficient (Wildman–Crippen LogP) is 1.75. The van der Waals surface area contributed by atoms with Crippen LogP contribution in [0.1, 0.15) is 16.2 Å². The highest BCUT2D eigenvalue weighted by Gasteiger charge is 2.04. The molecule has 6 heteroatoms. The summed E-state index contributed by atoms with van der Waals surface area (Å²) in [5, 5.41) is 12.1. The zero-order valence-corrected chi connectivity index (χ0v) is 11.4. The van der Waals surface area contributed by atoms with Gasteiger partial charge in [0.25, 0.3) is 0 Å². The standard InChI is InChI=1S/C13H17N3O2S/c17-13(18)8-11-2-3-12(19-11)9-14-4-1-6-16-7-5-15-10-16/h2-3,5,7,10,14H,1,4,6,8-9H2,(H,17,18). The average molecular weight is 279 g/mol. The van der Waals surface area contributed by atoms with Crippen LogP contribution in [-0.4, -0.2) is 27.2 Å². The highest BCUT2D eigenvalue weighted by Crippen LogP contribution is 2.16. The van der Waals surface area contributed by atoms with Gasteiger partial charge in [-0.1, -0.05) is 0 Å². The first-order valence-electron chi connectivity index (χ1n) is 6.20. The number of carbonyl (C=O) groups is 1. The van der Waals surface area contributed by atoms with Crippen molar-refractivity contribution in [1.82, 2.24) is 14.9 Å². The minimum Gasteiger partial charge on any atom is -0.481 e. The van der Waals surface area contributed by atoms with E-state index in [2.05, 4.69) is 14.9 Å². The van der Waals surface area contributed by atoms with Crippen LogP contribution in [0.25, 0.3) is 0 Å². The van der Waals surface area contributed by atoms with Crippen LogP contribution < -0.4 is 5.32 Å². The van der Waals surface area contributed by atoms with Gasteiger partial charge in [0.15, 0.2) is 0 Å². The van der Waals surface area contributed by atoms with Gasteiger partial charge in [0.1, 0.15) is 0 Å². The van der Waals surface area contributed by atoms with Crippen molar-refractivity contribution in [2.45, 2.75) is 25.9 Å². The molecule has 0 atom stereocenters. The molecule has 0 unspecified atom stereocenters. The second-order valence-corrected chi connectivity index (χ2v) is 5.52. The fourth-order valence-electron chi connectivity index (χ4n) is 1.78. The molecular weight excluding hydrogens is 262 g/mol. The normalized spacial score (nSPS) is 10.7. The van der Waals surface area contributed by atoms with Crippen LogP contribution in [0, 0.1) is 0 Å². The molecule has 0 radical (unpaired) electrons. The number of carboxylic acids is 1. The van der Waals surface area contributed by atoms with Crippen LogP contribution in [-0.2, 0) is 24.3 Å². The molecule has 0 saturated carbocycles. The van der Waals surface area contributed by atoms with Gasteiger partial charge in [-0.05, 0) is 25.1 Å². The Balaban J connectivity index is 1.62. The fraction of sp³-hybridized carbons (Fsp3) is 0.385. The number of aliphatic carboxylic acids is 1. The first kappa shape index (κ1) is 13.8. The first-order valence-corrected chi connectivity index (χ1v) is 7.01. The van der Waals surface area contributed by atoms with Gasteiger partial charge in [-0.25, -0.2) is 4.98 Å². The second-order valence-electron chi connectivity index (χ2n) is 4.27. The molecule has 0 aliphatic carbocycles. The third-order valence-electron chi connectivity index (χ3n) is 2.67. The summed E-state index contributed by atoms with van der Waals surface area (Å²) in [7, 11) is 0. The lowest BCUT2D eigenvalue weighted by Gasteiger charge is -2.03. The lowest BCUT2D eigenvalue weighted by Crippen LogP contribution is -2.15. The fourth-order valence-corrected chi connectivity index (χ4v) is 2.76. The molecule has 2 aromatic rings. The Morgan fingerprint density at radius 3 is 3.00 bits per heavy atom. The van der Waals surface area contributed by atoms with E-state index in [0.717, 1.165) is 30.9 Å². The Kier molecular flexibility index (Phi) is 5.11. The molecule has 2 rings (SSSR count). The molecule has 2 aromatic heterocycles. The number of aromatic nitrogens is 2. The molecule has 0 bridgehead atoms. The smallest absolute Gasteiger partial charge is 0.308 e. The van der Waals surface area contributed by atoms with Gasteiger partial charge in [0, 0.05) is 35.2 Å². The summed E-state index contributed by atoms with van der Waals surface area (Å²) in [5.41, 5.74) is 0. The Labute approximate surface area is 115 Å². The molecule has 0 aliphatic rings. The Bertz CT molecular complexity index is 508. The summed E-state index contributed by atoms with van der Waals surface area (Å²) < 4.78 is 2.05. The molecule has 102 valence electrons. The maximum atomic E-state index is 10.6. The van der Waals surface area contributed by atoms with Gasteiger partial charge < -0.3 is 15.0 Å². The maximum absolute atomic E-state index is 10.6. The molecule has 5 nitrogen and oxygen atoms in total. The van der Waals surface area contributed by atoms with Crippen LogP contribution in [0.2, 0.25) is 0 Å². The lowest BCUT2D eigenvalue weighted by atomic mass is 10.3. The minimum absolute atomic E-state index is 0.116. The van der Waals surface area contributed by atoms with Gasteiger partial charge >= 0.3 is 5.97 Å². The third kappa shape index (κ3) is 4.84. The largest absolute Gasteiger partial charge is 0.481 e. The number of thiophene rings is 1. The predicted molar refractivity (Wildman–Crippen MR) is 74.2 cm³/mol. The molecule has 0 aromatic carbocycles. The molecule has 0 spiro atoms. The summed E-state index contributed by atoms with van der Waals surface area (Å²) in [6.45, 7) is 2.69. The van der Waals surface area contributed by atoms with E-state index in [4.69, 9.17) is 5.11 Å². The molecule has 0 fully saturated rings. The van der Waals surface area contributed by atoms with Gasteiger partial charge in [-0.3, -0.25) is 4.79 Å². The number of hydrogen-bond acceptors (Lipinski definition) is 4. The number of aryl methyl sites for hydroxylation is 1. The van der Waals surface area contributed by atoms with Crippen LogP contribution >= 0.6 is 11.3 Å². The lowest BCUT2D eigenvalue weighted by molar-refractivity contribution is -0.136. The summed E-state index contributed by atoms with van der Waals surface area (Å²) in [6, 6.07) is 3.88. The minimum atomic E-state index is -0.776. The number of imidazole rings is 1. The van der Waals surface area contributed by atoms with Crippen LogP contribution in [0.15, 0.2) is 30.9 Å². The molecular formula is C13H17N3O2S. The van der Waals surface area contributed by atoms with E-state index in [1.54, 1.807) is 17.5 Å². The van der Waals surface area contributed by atoms with Crippen LogP contribution in [0.5, 0.6) is 0 Å². The summed E-state index contributed by atoms with van der Waals surface area (Å²) >= 11 is 1.56. The first-order chi connectivity index (χ1) is 9.24. The number of rotatable bonds is 8. The zero-order chi connectivity index (χ0) is 13.5. The Morgan fingerprint density at radius 1 is 1.42 bits per heavy atom. The van der Waals surface area contributed by atoms with E-state index >= 15 is 0 Å². The summed E-state index contributed by atoms with van der Waals surface area (Å²) in [5.74, 6) is -0.776. The van der Waals surface area contributed by atoms with Gasteiger partial charge in [0.05, 0.1) is 12.7 Å². The van der Waals surface area contributed by atoms with Crippen LogP contribution in [0.3, 0.4) is 0 Å². The van der Waals surface area contributed by atoms with Crippen molar-refractivity contribution >= 4 is 17.3 Å². The molecule has 2 N–H and O–H groups in total. The second kappa shape index (κ2) is 7.06. The third-order valence-corrected chi connectivity index (χ3v) is 3.76. The number of hydrogen-bond donors (Lipinski definition) is 2. The summed E-state index contributed by atoms with van der Waals surface area (Å²) in [4.78, 5) is 16.6. The number of nitrogens with one attached hydrogen (secondary N) is 1. The topological polar surface area (TPSA) is 67.2 Å². The number of nitrogens with zero attached hydrogens (tertiary/aromatic N) is 2. The quantitative estimate of drug-likeness (QED) is 0.722. The highest BCUT2D eigenvalue weighted by molar-refractivity contribution is 7.12. The van der Waals surface area contributed by atoms with E-state index in [9.17, 15) is 4.79 Å². The average Bonchev–Trinajstić information content (AvgIpc) is 3.00. The molecule has 2 heterocycles. The monoisotopic (exact) mass is 279 g/mol. The Morgan fingerprint density at radius 2 is 2.26 bits per heavy atom. The van der Waals surface area contributed by atoms with Crippen molar-refractivity contribution in [3.8, 4) is 0 Å². The van der Waals surface area contributed by atoms with Gasteiger partial charge in [-0.15, -0.1) is 11.3 Å². The van der Waals surface area contributed by atoms with Crippen molar-refractivity contribution in [2.24, 2.45) is 0 Å². The zero-order valence-electron chi connectivity index (χ0n) is 10.6. The molecule has 0 amide bonds. The number of carboxylic acid groups (broad SMARTS) is 1. The van der Waals surface area contributed by atoms with E-state index in [1.165, 1.54) is 4.88 Å². The van der Waals surface area contributed by atoms with Crippen LogP contribution in [0.4, 0.5) is 0 Å². The molecule has 0 saturated heterocycles. The van der Waals surface area contributed by atoms with Crippen molar-refractivity contribution in [2.75, 3.05) is 6.54 Å². The molecule has 0 aliphatic heterocycles. The van der Waals surface area contributed by atoms with Crippen molar-refractivity contribution in [1.29, 1.82) is 0 Å². The van der Waals surface area contributed by atoms with Crippen molar-refractivity contribution in [3.05, 3.63) is 40.6 Å². The summed E-state index contributed by atoms with van der Waals surface area (Å²) in [6.07, 6.45) is 6.72. The highest BCUT2D eigenvalue weighted by atomic mass is 32.1. The van der Waals surface area contributed by atoms with Gasteiger partial charge in [-0.2, -0.15) is 0 Å². The maximum Gasteiger partial charge on any atom is 0.308 e. The van der Waals surface area contributed by atoms with E-state index in [0.29, 0.717) is 0 Å². The molecule has 19 heavy (non-hydrogen) atoms. The van der Waals surface area contributed by atoms with Crippen molar-refractivity contribution in [3.63, 3.8) is 0 Å². The van der Waals surface area contributed by atoms with E-state index in [-0.39, 0.29) is 6.42 Å². The van der Waals surface area contributed by atoms with Crippen molar-refractivity contribution < 1.29 is 9.90 Å².